The van der Waals surface area contributed by atoms with Crippen LogP contribution in [0.1, 0.15) is 6.92 Å². The van der Waals surface area contributed by atoms with E-state index in [-0.39, 0.29) is 0 Å². The van der Waals surface area contributed by atoms with Gasteiger partial charge in [0.05, 0.1) is 3.92 Å². The fourth-order valence-electron chi connectivity index (χ4n) is 0.313. The van der Waals surface area contributed by atoms with Gasteiger partial charge in [0.25, 0.3) is 0 Å². The molecule has 0 heterocycles. The molecule has 1 N–H and O–H groups in total. The highest BCUT2D eigenvalue weighted by Gasteiger charge is 1.94. The summed E-state index contributed by atoms with van der Waals surface area (Å²) in [7, 11) is 0. The molecule has 0 aromatic heterocycles. The van der Waals surface area contributed by atoms with Crippen LogP contribution in [0.2, 0.25) is 0 Å². The molecule has 0 bridgehead atoms. The molecule has 1 unspecified atom stereocenters. The second-order valence-electron chi connectivity index (χ2n) is 1.39. The lowest BCUT2D eigenvalue weighted by molar-refractivity contribution is 0.756. The third-order valence-electron chi connectivity index (χ3n) is 0.701. The molecule has 3 heteroatoms. The minimum Gasteiger partial charge on any atom is -0.316 e. The molecule has 0 aromatic rings. The van der Waals surface area contributed by atoms with Gasteiger partial charge in [0.2, 0.25) is 0 Å². The molecule has 0 aliphatic rings. The predicted molar refractivity (Wildman–Crippen MR) is 48.9 cm³/mol. The SMILES string of the molecule is CCNCC(I)[C]=S. The van der Waals surface area contributed by atoms with Crippen LogP contribution in [-0.2, 0) is 0 Å². The van der Waals surface area contributed by atoms with Crippen molar-refractivity contribution in [2.75, 3.05) is 13.1 Å². The van der Waals surface area contributed by atoms with Gasteiger partial charge in [-0.3, -0.25) is 0 Å². The second kappa shape index (κ2) is 5.91. The fraction of sp³-hybridized carbons (Fsp3) is 0.800. The smallest absolute Gasteiger partial charge is 0.0597 e. The number of halogens is 1. The highest BCUT2D eigenvalue weighted by Crippen LogP contribution is 1.93. The average molecular weight is 242 g/mol. The molecular weight excluding hydrogens is 233 g/mol. The van der Waals surface area contributed by atoms with Gasteiger partial charge in [-0.1, -0.05) is 41.7 Å². The first-order chi connectivity index (χ1) is 3.81. The van der Waals surface area contributed by atoms with Crippen molar-refractivity contribution in [1.82, 2.24) is 5.32 Å². The van der Waals surface area contributed by atoms with E-state index in [1.807, 2.05) is 0 Å². The van der Waals surface area contributed by atoms with Gasteiger partial charge in [0, 0.05) is 11.9 Å². The van der Waals surface area contributed by atoms with Gasteiger partial charge in [-0.15, -0.1) is 0 Å². The molecule has 0 saturated carbocycles. The van der Waals surface area contributed by atoms with Gasteiger partial charge in [-0.2, -0.15) is 0 Å². The maximum atomic E-state index is 4.59. The van der Waals surface area contributed by atoms with Crippen molar-refractivity contribution >= 4 is 40.2 Å². The third kappa shape index (κ3) is 4.93. The summed E-state index contributed by atoms with van der Waals surface area (Å²) in [5.74, 6) is 0. The van der Waals surface area contributed by atoms with Crippen molar-refractivity contribution in [3.63, 3.8) is 0 Å². The molecule has 0 rings (SSSR count). The molecule has 0 aliphatic carbocycles. The van der Waals surface area contributed by atoms with Crippen LogP contribution < -0.4 is 5.32 Å². The Balaban J connectivity index is 2.98. The molecular formula is C5H9INS. The number of hydrogen-bond acceptors (Lipinski definition) is 2. The van der Waals surface area contributed by atoms with Gasteiger partial charge < -0.3 is 5.32 Å². The maximum absolute atomic E-state index is 4.59. The minimum absolute atomic E-state index is 0.377. The van der Waals surface area contributed by atoms with Crippen LogP contribution in [0.4, 0.5) is 0 Å². The third-order valence-corrected chi connectivity index (χ3v) is 2.16. The monoisotopic (exact) mass is 242 g/mol. The van der Waals surface area contributed by atoms with Crippen molar-refractivity contribution in [1.29, 1.82) is 0 Å². The van der Waals surface area contributed by atoms with Crippen LogP contribution in [0.15, 0.2) is 0 Å². The zero-order valence-corrected chi connectivity index (χ0v) is 7.75. The summed E-state index contributed by atoms with van der Waals surface area (Å²) in [5.41, 5.74) is 0. The Morgan fingerprint density at radius 1 is 1.88 bits per heavy atom. The first kappa shape index (κ1) is 8.78. The Hall–Kier alpha value is 0.780. The molecule has 0 aliphatic heterocycles. The number of rotatable bonds is 4. The Morgan fingerprint density at radius 2 is 2.50 bits per heavy atom. The lowest BCUT2D eigenvalue weighted by Gasteiger charge is -2.00. The van der Waals surface area contributed by atoms with Gasteiger partial charge in [-0.05, 0) is 6.54 Å². The summed E-state index contributed by atoms with van der Waals surface area (Å²) < 4.78 is 0.377. The molecule has 0 fully saturated rings. The Kier molecular flexibility index (Phi) is 6.48. The molecule has 1 nitrogen and oxygen atoms in total. The van der Waals surface area contributed by atoms with E-state index in [0.717, 1.165) is 13.1 Å². The Bertz CT molecular complexity index is 67.4. The van der Waals surface area contributed by atoms with Crippen LogP contribution in [0, 0.1) is 0 Å². The number of hydrogen-bond donors (Lipinski definition) is 1. The van der Waals surface area contributed by atoms with Crippen LogP contribution in [0.5, 0.6) is 0 Å². The van der Waals surface area contributed by atoms with E-state index in [9.17, 15) is 0 Å². The topological polar surface area (TPSA) is 12.0 Å². The van der Waals surface area contributed by atoms with Gasteiger partial charge >= 0.3 is 0 Å². The average Bonchev–Trinajstić information content (AvgIpc) is 1.83. The highest BCUT2D eigenvalue weighted by molar-refractivity contribution is 14.1. The van der Waals surface area contributed by atoms with E-state index in [4.69, 9.17) is 0 Å². The molecule has 0 amide bonds. The summed E-state index contributed by atoms with van der Waals surface area (Å²) in [6.45, 7) is 4.03. The van der Waals surface area contributed by atoms with E-state index in [0.29, 0.717) is 3.92 Å². The summed E-state index contributed by atoms with van der Waals surface area (Å²) in [6, 6.07) is 0. The van der Waals surface area contributed by atoms with Crippen LogP contribution in [0.3, 0.4) is 0 Å². The first-order valence-corrected chi connectivity index (χ1v) is 4.19. The molecule has 0 spiro atoms. The normalized spacial score (nSPS) is 13.2. The minimum atomic E-state index is 0.377. The Morgan fingerprint density at radius 3 is 2.88 bits per heavy atom. The second-order valence-corrected chi connectivity index (χ2v) is 3.13. The summed E-state index contributed by atoms with van der Waals surface area (Å²) in [6.07, 6.45) is 0. The van der Waals surface area contributed by atoms with Gasteiger partial charge in [0.1, 0.15) is 0 Å². The number of thiocarbonyl (C=S) groups is 1. The van der Waals surface area contributed by atoms with Crippen molar-refractivity contribution in [2.24, 2.45) is 0 Å². The van der Waals surface area contributed by atoms with Crippen LogP contribution >= 0.6 is 34.8 Å². The van der Waals surface area contributed by atoms with E-state index < -0.39 is 0 Å². The molecule has 0 aromatic carbocycles. The van der Waals surface area contributed by atoms with Gasteiger partial charge in [-0.25, -0.2) is 0 Å². The van der Waals surface area contributed by atoms with Crippen LogP contribution in [0.25, 0.3) is 0 Å². The molecule has 47 valence electrons. The Labute approximate surface area is 69.4 Å². The van der Waals surface area contributed by atoms with Crippen molar-refractivity contribution in [2.45, 2.75) is 10.8 Å². The van der Waals surface area contributed by atoms with Crippen molar-refractivity contribution in [3.05, 3.63) is 0 Å². The lowest BCUT2D eigenvalue weighted by Crippen LogP contribution is -2.22. The summed E-state index contributed by atoms with van der Waals surface area (Å²) in [5, 5.41) is 5.87. The zero-order valence-electron chi connectivity index (χ0n) is 4.78. The highest BCUT2D eigenvalue weighted by atomic mass is 127. The van der Waals surface area contributed by atoms with E-state index >= 15 is 0 Å². The summed E-state index contributed by atoms with van der Waals surface area (Å²) >= 11 is 6.84. The number of alkyl halides is 1. The van der Waals surface area contributed by atoms with E-state index in [1.54, 1.807) is 0 Å². The van der Waals surface area contributed by atoms with E-state index in [2.05, 4.69) is 52.4 Å². The van der Waals surface area contributed by atoms with Crippen LogP contribution in [-0.4, -0.2) is 22.4 Å². The maximum Gasteiger partial charge on any atom is 0.0597 e. The predicted octanol–water partition coefficient (Wildman–Crippen LogP) is 1.28. The quantitative estimate of drug-likeness (QED) is 0.452. The summed E-state index contributed by atoms with van der Waals surface area (Å²) in [4.78, 5) is 0. The van der Waals surface area contributed by atoms with Crippen molar-refractivity contribution < 1.29 is 0 Å². The fourth-order valence-corrected chi connectivity index (χ4v) is 0.707. The number of nitrogens with one attached hydrogen (secondary N) is 1. The zero-order chi connectivity index (χ0) is 6.41. The molecule has 0 saturated heterocycles. The molecule has 1 atom stereocenters. The molecule has 8 heavy (non-hydrogen) atoms. The standard InChI is InChI=1S/C5H9INS/c1-2-7-3-5(6)4-8/h5,7H,2-3H2,1H3. The first-order valence-electron chi connectivity index (χ1n) is 2.53. The van der Waals surface area contributed by atoms with Gasteiger partial charge in [0.15, 0.2) is 0 Å². The van der Waals surface area contributed by atoms with Crippen molar-refractivity contribution in [3.8, 4) is 0 Å². The molecule has 1 radical (unpaired) electrons. The lowest BCUT2D eigenvalue weighted by atomic mass is 10.5. The largest absolute Gasteiger partial charge is 0.316 e. The van der Waals surface area contributed by atoms with E-state index in [1.165, 1.54) is 0 Å².